The van der Waals surface area contributed by atoms with Gasteiger partial charge in [-0.15, -0.1) is 0 Å². The van der Waals surface area contributed by atoms with Crippen LogP contribution in [0, 0.1) is 0 Å². The zero-order valence-electron chi connectivity index (χ0n) is 17.0. The Morgan fingerprint density at radius 1 is 1.15 bits per heavy atom. The number of aliphatic hydroxyl groups is 1. The van der Waals surface area contributed by atoms with E-state index in [9.17, 15) is 19.4 Å². The Morgan fingerprint density at radius 3 is 2.26 bits per heavy atom. The number of rotatable bonds is 17. The van der Waals surface area contributed by atoms with Crippen molar-refractivity contribution in [3.8, 4) is 0 Å². The fraction of sp³-hybridized carbons (Fsp3) is 0.941. The van der Waals surface area contributed by atoms with Gasteiger partial charge in [-0.25, -0.2) is 4.89 Å². The Hall–Kier alpha value is -0.380. The lowest BCUT2D eigenvalue weighted by molar-refractivity contribution is -0.870. The quantitative estimate of drug-likeness (QED) is 0.121. The second kappa shape index (κ2) is 13.7. The smallest absolute Gasteiger partial charge is 0.268 e. The number of quaternary nitrogens is 1. The molecule has 2 N–H and O–H groups in total. The van der Waals surface area contributed by atoms with Crippen LogP contribution in [0.1, 0.15) is 51.9 Å². The zero-order valence-corrected chi connectivity index (χ0v) is 17.9. The third-order valence-electron chi connectivity index (χ3n) is 4.00. The fourth-order valence-corrected chi connectivity index (χ4v) is 3.23. The summed E-state index contributed by atoms with van der Waals surface area (Å²) in [6.45, 7) is 1.62. The van der Waals surface area contributed by atoms with E-state index in [1.54, 1.807) is 0 Å². The lowest BCUT2D eigenvalue weighted by Gasteiger charge is -2.31. The minimum Gasteiger partial charge on any atom is -0.756 e. The highest BCUT2D eigenvalue weighted by Crippen LogP contribution is 2.41. The largest absolute Gasteiger partial charge is 0.756 e. The molecule has 162 valence electrons. The van der Waals surface area contributed by atoms with E-state index in [4.69, 9.17) is 14.3 Å². The molecule has 2 unspecified atom stereocenters. The summed E-state index contributed by atoms with van der Waals surface area (Å²) >= 11 is 0. The van der Waals surface area contributed by atoms with E-state index in [0.717, 1.165) is 32.1 Å². The lowest BCUT2D eigenvalue weighted by Crippen LogP contribution is -2.41. The van der Waals surface area contributed by atoms with Crippen LogP contribution in [0.5, 0.6) is 0 Å². The molecule has 0 aromatic heterocycles. The van der Waals surface area contributed by atoms with E-state index >= 15 is 0 Å². The fourth-order valence-electron chi connectivity index (χ4n) is 2.34. The summed E-state index contributed by atoms with van der Waals surface area (Å²) in [4.78, 5) is 28.4. The first kappa shape index (κ1) is 26.6. The lowest BCUT2D eigenvalue weighted by atomic mass is 10.0. The molecule has 0 fully saturated rings. The molecule has 0 saturated carbocycles. The first-order valence-electron chi connectivity index (χ1n) is 9.44. The van der Waals surface area contributed by atoms with Gasteiger partial charge in [0.2, 0.25) is 0 Å². The van der Waals surface area contributed by atoms with Gasteiger partial charge in [-0.3, -0.25) is 14.6 Å². The van der Waals surface area contributed by atoms with Crippen molar-refractivity contribution in [2.45, 2.75) is 64.1 Å². The van der Waals surface area contributed by atoms with E-state index < -0.39 is 32.4 Å². The highest BCUT2D eigenvalue weighted by molar-refractivity contribution is 7.45. The van der Waals surface area contributed by atoms with Crippen molar-refractivity contribution in [3.63, 3.8) is 0 Å². The van der Waals surface area contributed by atoms with Crippen molar-refractivity contribution >= 4 is 13.6 Å². The normalized spacial score (nSPS) is 16.7. The molecule has 10 heteroatoms. The van der Waals surface area contributed by atoms with Gasteiger partial charge in [-0.2, -0.15) is 0 Å². The summed E-state index contributed by atoms with van der Waals surface area (Å²) in [7, 11) is 0.802. The van der Waals surface area contributed by atoms with Gasteiger partial charge < -0.3 is 23.5 Å². The highest BCUT2D eigenvalue weighted by Gasteiger charge is 2.33. The first-order valence-corrected chi connectivity index (χ1v) is 10.9. The van der Waals surface area contributed by atoms with Crippen molar-refractivity contribution < 1.29 is 43.0 Å². The molecule has 0 spiro atoms. The van der Waals surface area contributed by atoms with Crippen LogP contribution in [0.25, 0.3) is 0 Å². The Morgan fingerprint density at radius 2 is 1.74 bits per heavy atom. The second-order valence-electron chi connectivity index (χ2n) is 7.63. The van der Waals surface area contributed by atoms with E-state index in [0.29, 0.717) is 17.4 Å². The third-order valence-corrected chi connectivity index (χ3v) is 4.99. The average molecular weight is 413 g/mol. The first-order chi connectivity index (χ1) is 12.6. The van der Waals surface area contributed by atoms with Gasteiger partial charge in [0.25, 0.3) is 7.82 Å². The number of phosphoric acid groups is 1. The van der Waals surface area contributed by atoms with E-state index in [1.165, 1.54) is 0 Å². The molecule has 3 atom stereocenters. The topological polar surface area (TPSA) is 125 Å². The molecule has 0 aliphatic heterocycles. The third kappa shape index (κ3) is 13.4. The van der Waals surface area contributed by atoms with Gasteiger partial charge in [-0.1, -0.05) is 39.0 Å². The van der Waals surface area contributed by atoms with Crippen LogP contribution in [0.4, 0.5) is 0 Å². The average Bonchev–Trinajstić information content (AvgIpc) is 2.56. The number of unbranched alkanes of at least 4 members (excludes halogenated alkanes) is 5. The molecule has 0 aromatic rings. The van der Waals surface area contributed by atoms with Crippen molar-refractivity contribution in [2.75, 3.05) is 40.9 Å². The van der Waals surface area contributed by atoms with Crippen LogP contribution in [-0.4, -0.2) is 73.7 Å². The molecule has 0 amide bonds. The zero-order chi connectivity index (χ0) is 20.9. The van der Waals surface area contributed by atoms with Crippen LogP contribution >= 0.6 is 7.82 Å². The maximum atomic E-state index is 12.4. The van der Waals surface area contributed by atoms with E-state index in [-0.39, 0.29) is 13.0 Å². The number of carbonyl (C=O) groups is 1. The number of ketones is 1. The monoisotopic (exact) mass is 413 g/mol. The predicted octanol–water partition coefficient (Wildman–Crippen LogP) is 1.73. The molecule has 0 aromatic carbocycles. The van der Waals surface area contributed by atoms with Crippen LogP contribution in [-0.2, 0) is 23.3 Å². The molecular weight excluding hydrogens is 377 g/mol. The summed E-state index contributed by atoms with van der Waals surface area (Å²) in [5.74, 6) is -0.565. The van der Waals surface area contributed by atoms with Crippen LogP contribution in [0.3, 0.4) is 0 Å². The maximum absolute atomic E-state index is 12.4. The molecule has 0 rings (SSSR count). The van der Waals surface area contributed by atoms with Crippen LogP contribution < -0.4 is 4.89 Å². The minimum absolute atomic E-state index is 0.0650. The van der Waals surface area contributed by atoms with Gasteiger partial charge in [-0.05, 0) is 6.42 Å². The number of likely N-dealkylation sites (N-methyl/N-ethyl adjacent to an activating group) is 1. The Kier molecular flexibility index (Phi) is 13.5. The molecule has 0 aliphatic carbocycles. The number of nitrogens with zero attached hydrogens (tertiary/aromatic N) is 1. The van der Waals surface area contributed by atoms with Crippen molar-refractivity contribution in [1.82, 2.24) is 0 Å². The maximum Gasteiger partial charge on any atom is 0.268 e. The highest BCUT2D eigenvalue weighted by atomic mass is 31.2. The van der Waals surface area contributed by atoms with Gasteiger partial charge in [0.15, 0.2) is 11.9 Å². The summed E-state index contributed by atoms with van der Waals surface area (Å²) in [5.41, 5.74) is 0. The standard InChI is InChI=1S/C17H36NO8P/c1-5-6-7-8-9-10-11-15(20)17(16(14-19)25-21)26-27(22,23)24-13-12-18(2,3)4/h16-17,19H,5-14H2,1-4H3,(H-,21,22,23)/t16-,17?/m0/s1. The van der Waals surface area contributed by atoms with Crippen molar-refractivity contribution in [3.05, 3.63) is 0 Å². The molecule has 0 aliphatic rings. The molecular formula is C17H36NO8P. The number of hydrogen-bond acceptors (Lipinski definition) is 8. The SMILES string of the molecule is CCCCCCCCC(=O)C(OP(=O)([O-])OCC[N+](C)(C)C)[C@H](CO)OO. The number of aliphatic hydroxyl groups excluding tert-OH is 1. The number of hydrogen-bond donors (Lipinski definition) is 2. The Labute approximate surface area is 162 Å². The van der Waals surface area contributed by atoms with Crippen molar-refractivity contribution in [2.24, 2.45) is 0 Å². The van der Waals surface area contributed by atoms with E-state index in [2.05, 4.69) is 11.8 Å². The molecule has 0 bridgehead atoms. The van der Waals surface area contributed by atoms with Crippen LogP contribution in [0.2, 0.25) is 0 Å². The molecule has 9 nitrogen and oxygen atoms in total. The molecule has 0 radical (unpaired) electrons. The van der Waals surface area contributed by atoms with Gasteiger partial charge in [0.05, 0.1) is 27.7 Å². The number of carbonyl (C=O) groups excluding carboxylic acids is 1. The molecule has 27 heavy (non-hydrogen) atoms. The van der Waals surface area contributed by atoms with Crippen LogP contribution in [0.15, 0.2) is 0 Å². The Balaban J connectivity index is 4.69. The summed E-state index contributed by atoms with van der Waals surface area (Å²) < 4.78 is 22.1. The predicted molar refractivity (Wildman–Crippen MR) is 98.9 cm³/mol. The van der Waals surface area contributed by atoms with Gasteiger partial charge in [0, 0.05) is 6.42 Å². The summed E-state index contributed by atoms with van der Waals surface area (Å²) in [6.07, 6.45) is 2.64. The van der Waals surface area contributed by atoms with Crippen molar-refractivity contribution in [1.29, 1.82) is 0 Å². The van der Waals surface area contributed by atoms with E-state index in [1.807, 2.05) is 21.1 Å². The number of Topliss-reactive ketones (excluding diaryl/α,β-unsaturated/α-hetero) is 1. The second-order valence-corrected chi connectivity index (χ2v) is 8.99. The molecule has 0 heterocycles. The number of phosphoric ester groups is 1. The Bertz CT molecular complexity index is 451. The minimum atomic E-state index is -4.81. The summed E-state index contributed by atoms with van der Waals surface area (Å²) in [6, 6.07) is 0. The van der Waals surface area contributed by atoms with Gasteiger partial charge >= 0.3 is 0 Å². The molecule has 0 saturated heterocycles. The summed E-state index contributed by atoms with van der Waals surface area (Å²) in [5, 5.41) is 18.1. The van der Waals surface area contributed by atoms with Gasteiger partial charge in [0.1, 0.15) is 19.3 Å².